The molecule has 4 aromatic carbocycles. The van der Waals surface area contributed by atoms with Crippen molar-refractivity contribution in [2.75, 3.05) is 26.2 Å². The molecule has 10 rings (SSSR count). The molecule has 2 aliphatic heterocycles. The largest absolute Gasteiger partial charge is 0.340 e. The highest BCUT2D eigenvalue weighted by Gasteiger charge is 2.55. The van der Waals surface area contributed by atoms with Crippen LogP contribution in [0.1, 0.15) is 112 Å². The molecule has 0 bridgehead atoms. The van der Waals surface area contributed by atoms with Crippen molar-refractivity contribution in [3.8, 4) is 33.6 Å². The van der Waals surface area contributed by atoms with E-state index < -0.39 is 0 Å². The van der Waals surface area contributed by atoms with E-state index in [1.54, 1.807) is 0 Å². The minimum absolute atomic E-state index is 0.146. The molecule has 2 unspecified atom stereocenters. The van der Waals surface area contributed by atoms with Crippen LogP contribution in [0.4, 0.5) is 0 Å². The summed E-state index contributed by atoms with van der Waals surface area (Å²) in [4.78, 5) is 51.4. The summed E-state index contributed by atoms with van der Waals surface area (Å²) in [6.07, 6.45) is 11.4. The number of likely N-dealkylation sites (tertiary alicyclic amines) is 2. The third-order valence-corrected chi connectivity index (χ3v) is 14.1. The van der Waals surface area contributed by atoms with Crippen LogP contribution in [0, 0.1) is 0 Å². The van der Waals surface area contributed by atoms with Gasteiger partial charge in [-0.25, -0.2) is 9.97 Å². The maximum Gasteiger partial charge on any atom is 0.232 e. The first kappa shape index (κ1) is 40.2. The summed E-state index contributed by atoms with van der Waals surface area (Å²) < 4.78 is 0. The van der Waals surface area contributed by atoms with Crippen molar-refractivity contribution < 1.29 is 9.59 Å². The summed E-state index contributed by atoms with van der Waals surface area (Å²) in [5, 5.41) is 7.42. The number of imidazole rings is 2. The normalized spacial score (nSPS) is 20.9. The van der Waals surface area contributed by atoms with Crippen LogP contribution in [0.2, 0.25) is 0 Å². The number of hydrogen-bond acceptors (Lipinski definition) is 6. The summed E-state index contributed by atoms with van der Waals surface area (Å²) >= 11 is 0. The van der Waals surface area contributed by atoms with E-state index in [-0.39, 0.29) is 46.8 Å². The Labute approximate surface area is 365 Å². The lowest BCUT2D eigenvalue weighted by atomic mass is 9.87. The number of nitrogens with one attached hydrogen (secondary N) is 4. The number of amides is 2. The number of H-pyrrole nitrogens is 2. The van der Waals surface area contributed by atoms with Crippen molar-refractivity contribution in [3.05, 3.63) is 144 Å². The van der Waals surface area contributed by atoms with E-state index in [0.29, 0.717) is 13.1 Å². The van der Waals surface area contributed by atoms with Crippen LogP contribution in [0.15, 0.2) is 122 Å². The second kappa shape index (κ2) is 16.8. The summed E-state index contributed by atoms with van der Waals surface area (Å²) in [5.41, 5.74) is 7.67. The molecule has 4 N–H and O–H groups in total. The van der Waals surface area contributed by atoms with Crippen molar-refractivity contribution in [1.82, 2.24) is 40.4 Å². The van der Waals surface area contributed by atoms with E-state index in [4.69, 9.17) is 9.97 Å². The number of nitrogens with zero attached hydrogens (tertiary/aromatic N) is 4. The van der Waals surface area contributed by atoms with E-state index in [2.05, 4.69) is 111 Å². The number of carbonyl (C=O) groups excluding carboxylic acids is 2. The molecule has 4 aliphatic rings. The Morgan fingerprint density at radius 1 is 0.613 bits per heavy atom. The van der Waals surface area contributed by atoms with Crippen LogP contribution in [-0.4, -0.2) is 78.8 Å². The van der Waals surface area contributed by atoms with Gasteiger partial charge in [0.2, 0.25) is 11.8 Å². The minimum atomic E-state index is -0.253. The first-order chi connectivity index (χ1) is 30.4. The molecule has 10 heteroatoms. The van der Waals surface area contributed by atoms with E-state index >= 15 is 0 Å². The zero-order valence-electron chi connectivity index (χ0n) is 35.9. The van der Waals surface area contributed by atoms with Gasteiger partial charge < -0.3 is 30.4 Å². The van der Waals surface area contributed by atoms with Crippen molar-refractivity contribution in [1.29, 1.82) is 0 Å². The minimum Gasteiger partial charge on any atom is -0.340 e. The van der Waals surface area contributed by atoms with Gasteiger partial charge in [0.1, 0.15) is 11.6 Å². The van der Waals surface area contributed by atoms with Crippen LogP contribution in [-0.2, 0) is 9.59 Å². The zero-order valence-corrected chi connectivity index (χ0v) is 35.9. The van der Waals surface area contributed by atoms with Gasteiger partial charge in [0.25, 0.3) is 0 Å². The molecular formula is C52H58N8O2. The highest BCUT2D eigenvalue weighted by Crippen LogP contribution is 2.51. The van der Waals surface area contributed by atoms with Crippen molar-refractivity contribution in [2.45, 2.75) is 100 Å². The molecule has 2 aromatic heterocycles. The van der Waals surface area contributed by atoms with Crippen LogP contribution >= 0.6 is 0 Å². The predicted octanol–water partition coefficient (Wildman–Crippen LogP) is 9.31. The SMILES string of the molecule is CCNC1(C(C(=O)N2CCCC2c2ncc(-c3cccc(-c4ccccc4)c3-c3cnc([C@@H]4CCCN4C(=O)[C@H](c4ccccc4)C4(NCC)CC4)[nH]3)[nH]2)c2ccccc2)CC1. The second-order valence-corrected chi connectivity index (χ2v) is 17.9. The fraction of sp³-hybridized carbons (Fsp3) is 0.385. The monoisotopic (exact) mass is 826 g/mol. The smallest absolute Gasteiger partial charge is 0.232 e. The van der Waals surface area contributed by atoms with Crippen molar-refractivity contribution in [2.24, 2.45) is 0 Å². The molecular weight excluding hydrogens is 769 g/mol. The quantitative estimate of drug-likeness (QED) is 0.0819. The van der Waals surface area contributed by atoms with E-state index in [1.165, 1.54) is 0 Å². The van der Waals surface area contributed by atoms with Gasteiger partial charge in [-0.05, 0) is 86.7 Å². The average Bonchev–Trinajstić information content (AvgIpc) is 3.83. The zero-order chi connectivity index (χ0) is 42.3. The Balaban J connectivity index is 0.979. The number of carbonyl (C=O) groups is 2. The molecule has 62 heavy (non-hydrogen) atoms. The second-order valence-electron chi connectivity index (χ2n) is 17.9. The number of aromatic amines is 2. The Kier molecular flexibility index (Phi) is 10.9. The van der Waals surface area contributed by atoms with Gasteiger partial charge >= 0.3 is 0 Å². The molecule has 2 aliphatic carbocycles. The fourth-order valence-corrected chi connectivity index (χ4v) is 11.0. The summed E-state index contributed by atoms with van der Waals surface area (Å²) in [7, 11) is 0. The lowest BCUT2D eigenvalue weighted by Crippen LogP contribution is -2.46. The Bertz CT molecular complexity index is 2510. The van der Waals surface area contributed by atoms with Crippen LogP contribution < -0.4 is 10.6 Å². The predicted molar refractivity (Wildman–Crippen MR) is 244 cm³/mol. The fourth-order valence-electron chi connectivity index (χ4n) is 11.0. The maximum atomic E-state index is 14.8. The molecule has 4 fully saturated rings. The first-order valence-electron chi connectivity index (χ1n) is 22.9. The lowest BCUT2D eigenvalue weighted by molar-refractivity contribution is -0.135. The van der Waals surface area contributed by atoms with Crippen LogP contribution in [0.3, 0.4) is 0 Å². The average molecular weight is 827 g/mol. The van der Waals surface area contributed by atoms with Gasteiger partial charge in [-0.1, -0.05) is 123 Å². The van der Waals surface area contributed by atoms with Gasteiger partial charge in [-0.2, -0.15) is 0 Å². The maximum absolute atomic E-state index is 14.8. The summed E-state index contributed by atoms with van der Waals surface area (Å²) in [6.45, 7) is 7.32. The van der Waals surface area contributed by atoms with Crippen LogP contribution in [0.25, 0.3) is 33.6 Å². The Hall–Kier alpha value is -5.84. The number of rotatable bonds is 15. The molecule has 4 atom stereocenters. The number of likely N-dealkylation sites (N-methyl/N-ethyl adjacent to an activating group) is 2. The summed E-state index contributed by atoms with van der Waals surface area (Å²) in [6, 6.07) is 37.2. The molecule has 0 spiro atoms. The molecule has 0 radical (unpaired) electrons. The standard InChI is InChI=1S/C52H58N8O2/c1-3-55-51(27-28-51)45(36-19-10-6-11-20-36)49(61)59-31-15-25-42(59)47-53-33-40(57-47)39-24-14-23-38(35-17-8-5-9-18-35)44(39)41-34-54-48(58-41)43-26-16-32-60(43)50(62)46(37-21-12-7-13-22-37)52(29-30-52)56-4-2/h5-14,17-24,33-34,42-43,45-46,55-56H,3-4,15-16,25-32H2,1-2H3,(H,53,57)(H,54,58)/t42?,43-,45?,46-/m0/s1. The van der Waals surface area contributed by atoms with Gasteiger partial charge in [0.05, 0.1) is 47.7 Å². The topological polar surface area (TPSA) is 122 Å². The van der Waals surface area contributed by atoms with Gasteiger partial charge in [0, 0.05) is 35.3 Å². The van der Waals surface area contributed by atoms with E-state index in [1.807, 2.05) is 54.9 Å². The Morgan fingerprint density at radius 2 is 1.06 bits per heavy atom. The van der Waals surface area contributed by atoms with Gasteiger partial charge in [0.15, 0.2) is 0 Å². The summed E-state index contributed by atoms with van der Waals surface area (Å²) in [5.74, 6) is 1.47. The molecule has 2 saturated carbocycles. The number of hydrogen-bond donors (Lipinski definition) is 4. The van der Waals surface area contributed by atoms with Crippen LogP contribution in [0.5, 0.6) is 0 Å². The number of benzene rings is 4. The lowest BCUT2D eigenvalue weighted by Gasteiger charge is -2.33. The Morgan fingerprint density at radius 3 is 1.55 bits per heavy atom. The van der Waals surface area contributed by atoms with Crippen molar-refractivity contribution >= 4 is 11.8 Å². The molecule has 10 nitrogen and oxygen atoms in total. The molecule has 318 valence electrons. The van der Waals surface area contributed by atoms with Gasteiger partial charge in [-0.3, -0.25) is 9.59 Å². The molecule has 6 aromatic rings. The van der Waals surface area contributed by atoms with Crippen molar-refractivity contribution in [3.63, 3.8) is 0 Å². The number of aromatic nitrogens is 4. The molecule has 2 saturated heterocycles. The first-order valence-corrected chi connectivity index (χ1v) is 22.9. The molecule has 2 amide bonds. The van der Waals surface area contributed by atoms with E-state index in [9.17, 15) is 9.59 Å². The third kappa shape index (κ3) is 7.36. The van der Waals surface area contributed by atoms with E-state index in [0.717, 1.165) is 121 Å². The molecule has 4 heterocycles. The highest BCUT2D eigenvalue weighted by molar-refractivity contribution is 5.93. The highest BCUT2D eigenvalue weighted by atomic mass is 16.2. The third-order valence-electron chi connectivity index (χ3n) is 14.1. The van der Waals surface area contributed by atoms with Gasteiger partial charge in [-0.15, -0.1) is 0 Å².